The minimum absolute atomic E-state index is 0.150. The van der Waals surface area contributed by atoms with Gasteiger partial charge in [0.15, 0.2) is 5.96 Å². The fourth-order valence-corrected chi connectivity index (χ4v) is 2.34. The van der Waals surface area contributed by atoms with E-state index < -0.39 is 0 Å². The van der Waals surface area contributed by atoms with Crippen molar-refractivity contribution in [2.24, 2.45) is 4.99 Å². The van der Waals surface area contributed by atoms with Gasteiger partial charge in [-0.1, -0.05) is 6.07 Å². The van der Waals surface area contributed by atoms with Crippen LogP contribution in [0.15, 0.2) is 23.3 Å². The normalized spacial score (nSPS) is 15.6. The van der Waals surface area contributed by atoms with E-state index in [0.717, 1.165) is 31.2 Å². The first-order chi connectivity index (χ1) is 10.2. The molecule has 0 bridgehead atoms. The Morgan fingerprint density at radius 1 is 1.38 bits per heavy atom. The summed E-state index contributed by atoms with van der Waals surface area (Å²) in [6, 6.07) is 3.94. The van der Waals surface area contributed by atoms with E-state index in [1.807, 2.05) is 32.2 Å². The molecule has 0 atom stereocenters. The molecule has 5 nitrogen and oxygen atoms in total. The predicted molar refractivity (Wildman–Crippen MR) is 85.6 cm³/mol. The number of aliphatic imine (C=N–C) groups is 1. The van der Waals surface area contributed by atoms with Crippen molar-refractivity contribution in [3.05, 3.63) is 23.9 Å². The van der Waals surface area contributed by atoms with Gasteiger partial charge in [0.1, 0.15) is 0 Å². The maximum Gasteiger partial charge on any atom is 0.213 e. The first-order valence-electron chi connectivity index (χ1n) is 7.84. The second kappa shape index (κ2) is 7.86. The van der Waals surface area contributed by atoms with Crippen molar-refractivity contribution in [2.45, 2.75) is 46.3 Å². The average molecular weight is 290 g/mol. The third-order valence-electron chi connectivity index (χ3n) is 3.31. The summed E-state index contributed by atoms with van der Waals surface area (Å²) in [5, 5.41) is 3.36. The quantitative estimate of drug-likeness (QED) is 0.668. The average Bonchev–Trinajstić information content (AvgIpc) is 2.98. The molecule has 1 N–H and O–H groups in total. The van der Waals surface area contributed by atoms with Crippen LogP contribution in [0, 0.1) is 0 Å². The van der Waals surface area contributed by atoms with Gasteiger partial charge in [0, 0.05) is 31.9 Å². The molecule has 0 unspecified atom stereocenters. The van der Waals surface area contributed by atoms with Gasteiger partial charge in [-0.25, -0.2) is 9.98 Å². The van der Waals surface area contributed by atoms with E-state index in [4.69, 9.17) is 9.73 Å². The molecule has 5 heteroatoms. The molecule has 1 aromatic heterocycles. The van der Waals surface area contributed by atoms with E-state index in [1.54, 1.807) is 0 Å². The summed E-state index contributed by atoms with van der Waals surface area (Å²) in [5.74, 6) is 1.68. The lowest BCUT2D eigenvalue weighted by atomic mass is 10.3. The van der Waals surface area contributed by atoms with E-state index in [1.165, 1.54) is 12.8 Å². The lowest BCUT2D eigenvalue weighted by Gasteiger charge is -2.20. The first-order valence-corrected chi connectivity index (χ1v) is 7.84. The smallest absolute Gasteiger partial charge is 0.213 e. The molecule has 1 fully saturated rings. The van der Waals surface area contributed by atoms with Gasteiger partial charge < -0.3 is 15.0 Å². The highest BCUT2D eigenvalue weighted by Crippen LogP contribution is 2.11. The summed E-state index contributed by atoms with van der Waals surface area (Å²) in [7, 11) is 0. The summed E-state index contributed by atoms with van der Waals surface area (Å²) in [6.45, 7) is 9.85. The van der Waals surface area contributed by atoms with Gasteiger partial charge in [-0.2, -0.15) is 0 Å². The first kappa shape index (κ1) is 15.6. The van der Waals surface area contributed by atoms with Crippen molar-refractivity contribution in [1.82, 2.24) is 15.2 Å². The zero-order valence-electron chi connectivity index (χ0n) is 13.3. The molecular formula is C16H26N4O. The van der Waals surface area contributed by atoms with Crippen LogP contribution in [0.2, 0.25) is 0 Å². The fraction of sp³-hybridized carbons (Fsp3) is 0.625. The maximum atomic E-state index is 5.55. The molecule has 0 spiro atoms. The Labute approximate surface area is 127 Å². The van der Waals surface area contributed by atoms with E-state index in [-0.39, 0.29) is 6.10 Å². The molecule has 1 aliphatic rings. The summed E-state index contributed by atoms with van der Waals surface area (Å²) in [6.07, 6.45) is 4.51. The molecule has 2 rings (SSSR count). The summed E-state index contributed by atoms with van der Waals surface area (Å²) >= 11 is 0. The van der Waals surface area contributed by atoms with Crippen LogP contribution in [0.5, 0.6) is 5.88 Å². The Hall–Kier alpha value is -1.78. The van der Waals surface area contributed by atoms with Crippen molar-refractivity contribution in [3.8, 4) is 5.88 Å². The molecule has 0 aromatic carbocycles. The van der Waals surface area contributed by atoms with Gasteiger partial charge in [0.25, 0.3) is 0 Å². The van der Waals surface area contributed by atoms with Crippen LogP contribution in [0.1, 0.15) is 39.2 Å². The molecule has 0 aliphatic carbocycles. The molecule has 1 saturated heterocycles. The molecule has 0 radical (unpaired) electrons. The van der Waals surface area contributed by atoms with Gasteiger partial charge in [0.05, 0.1) is 12.6 Å². The van der Waals surface area contributed by atoms with Gasteiger partial charge in [-0.05, 0) is 39.2 Å². The summed E-state index contributed by atoms with van der Waals surface area (Å²) in [5.41, 5.74) is 1.10. The van der Waals surface area contributed by atoms with Crippen LogP contribution in [-0.4, -0.2) is 41.6 Å². The number of guanidine groups is 1. The number of aromatic nitrogens is 1. The fourth-order valence-electron chi connectivity index (χ4n) is 2.34. The van der Waals surface area contributed by atoms with E-state index >= 15 is 0 Å². The van der Waals surface area contributed by atoms with Crippen LogP contribution in [0.25, 0.3) is 0 Å². The van der Waals surface area contributed by atoms with E-state index in [9.17, 15) is 0 Å². The largest absolute Gasteiger partial charge is 0.475 e. The molecule has 0 saturated carbocycles. The Kier molecular flexibility index (Phi) is 5.84. The number of nitrogens with one attached hydrogen (secondary N) is 1. The minimum atomic E-state index is 0.150. The number of rotatable bonds is 5. The van der Waals surface area contributed by atoms with E-state index in [2.05, 4.69) is 22.1 Å². The monoisotopic (exact) mass is 290 g/mol. The molecule has 1 aromatic rings. The zero-order chi connectivity index (χ0) is 15.1. The molecule has 1 aliphatic heterocycles. The topological polar surface area (TPSA) is 49.8 Å². The van der Waals surface area contributed by atoms with E-state index in [0.29, 0.717) is 12.4 Å². The summed E-state index contributed by atoms with van der Waals surface area (Å²) < 4.78 is 5.55. The SMILES string of the molecule is CCNC(=NCc1ccc(OC(C)C)nc1)N1CCCC1. The van der Waals surface area contributed by atoms with Crippen molar-refractivity contribution in [1.29, 1.82) is 0 Å². The van der Waals surface area contributed by atoms with Crippen molar-refractivity contribution >= 4 is 5.96 Å². The Balaban J connectivity index is 1.96. The standard InChI is InChI=1S/C16H26N4O/c1-4-17-16(20-9-5-6-10-20)19-12-14-7-8-15(18-11-14)21-13(2)3/h7-8,11,13H,4-6,9-10,12H2,1-3H3,(H,17,19). The van der Waals surface area contributed by atoms with Crippen molar-refractivity contribution in [2.75, 3.05) is 19.6 Å². The van der Waals surface area contributed by atoms with Crippen LogP contribution in [0.3, 0.4) is 0 Å². The van der Waals surface area contributed by atoms with Crippen LogP contribution in [-0.2, 0) is 6.54 Å². The lowest BCUT2D eigenvalue weighted by molar-refractivity contribution is 0.232. The minimum Gasteiger partial charge on any atom is -0.475 e. The number of pyridine rings is 1. The van der Waals surface area contributed by atoms with Gasteiger partial charge in [-0.3, -0.25) is 0 Å². The Bertz CT molecular complexity index is 450. The maximum absolute atomic E-state index is 5.55. The third kappa shape index (κ3) is 4.92. The number of ether oxygens (including phenoxy) is 1. The second-order valence-corrected chi connectivity index (χ2v) is 5.54. The summed E-state index contributed by atoms with van der Waals surface area (Å²) in [4.78, 5) is 11.3. The predicted octanol–water partition coefficient (Wildman–Crippen LogP) is 2.43. The number of hydrogen-bond acceptors (Lipinski definition) is 3. The number of nitrogens with zero attached hydrogens (tertiary/aromatic N) is 3. The Morgan fingerprint density at radius 2 is 2.14 bits per heavy atom. The number of hydrogen-bond donors (Lipinski definition) is 1. The molecule has 116 valence electrons. The second-order valence-electron chi connectivity index (χ2n) is 5.54. The van der Waals surface area contributed by atoms with Crippen molar-refractivity contribution < 1.29 is 4.74 Å². The van der Waals surface area contributed by atoms with Gasteiger partial charge in [0.2, 0.25) is 5.88 Å². The molecule has 2 heterocycles. The molecular weight excluding hydrogens is 264 g/mol. The highest BCUT2D eigenvalue weighted by Gasteiger charge is 2.15. The van der Waals surface area contributed by atoms with Crippen LogP contribution < -0.4 is 10.1 Å². The number of likely N-dealkylation sites (tertiary alicyclic amines) is 1. The van der Waals surface area contributed by atoms with Crippen LogP contribution >= 0.6 is 0 Å². The third-order valence-corrected chi connectivity index (χ3v) is 3.31. The van der Waals surface area contributed by atoms with Crippen LogP contribution in [0.4, 0.5) is 0 Å². The highest BCUT2D eigenvalue weighted by atomic mass is 16.5. The van der Waals surface area contributed by atoms with Gasteiger partial charge in [-0.15, -0.1) is 0 Å². The zero-order valence-corrected chi connectivity index (χ0v) is 13.3. The lowest BCUT2D eigenvalue weighted by Crippen LogP contribution is -2.39. The molecule has 0 amide bonds. The van der Waals surface area contributed by atoms with Gasteiger partial charge >= 0.3 is 0 Å². The van der Waals surface area contributed by atoms with Crippen molar-refractivity contribution in [3.63, 3.8) is 0 Å². The Morgan fingerprint density at radius 3 is 2.71 bits per heavy atom. The highest BCUT2D eigenvalue weighted by molar-refractivity contribution is 5.80. The molecule has 21 heavy (non-hydrogen) atoms.